The molecule has 138 valence electrons. The molecule has 0 radical (unpaired) electrons. The number of rotatable bonds is 2. The lowest BCUT2D eigenvalue weighted by atomic mass is 9.99. The zero-order chi connectivity index (χ0) is 18.7. The molecule has 9 heteroatoms. The lowest BCUT2D eigenvalue weighted by Gasteiger charge is -2.09. The zero-order valence-corrected chi connectivity index (χ0v) is 14.2. The van der Waals surface area contributed by atoms with Gasteiger partial charge in [0.25, 0.3) is 0 Å². The van der Waals surface area contributed by atoms with Crippen LogP contribution in [-0.2, 0) is 23.0 Å². The maximum atomic E-state index is 12.6. The Morgan fingerprint density at radius 1 is 0.778 bits per heavy atom. The van der Waals surface area contributed by atoms with Gasteiger partial charge >= 0.3 is 11.3 Å². The highest BCUT2D eigenvalue weighted by atomic mass is 17.2. The fourth-order valence-electron chi connectivity index (χ4n) is 3.48. The average molecular weight is 372 g/mol. The molecule has 9 nitrogen and oxygen atoms in total. The molecule has 0 bridgehead atoms. The lowest BCUT2D eigenvalue weighted by Crippen LogP contribution is -2.05. The molecule has 2 aliphatic heterocycles. The quantitative estimate of drug-likeness (QED) is 0.625. The highest BCUT2D eigenvalue weighted by Gasteiger charge is 2.31. The first-order valence-electron chi connectivity index (χ1n) is 7.97. The molecule has 27 heavy (non-hydrogen) atoms. The summed E-state index contributed by atoms with van der Waals surface area (Å²) in [5, 5.41) is 0.814. The van der Waals surface area contributed by atoms with Gasteiger partial charge in [-0.2, -0.15) is 9.78 Å². The average Bonchev–Trinajstić information content (AvgIpc) is 3.33. The van der Waals surface area contributed by atoms with Crippen molar-refractivity contribution in [2.45, 2.75) is 13.2 Å². The zero-order valence-electron chi connectivity index (χ0n) is 14.2. The first-order valence-corrected chi connectivity index (χ1v) is 7.97. The molecule has 0 atom stereocenters. The Morgan fingerprint density at radius 2 is 1.22 bits per heavy atom. The predicted molar refractivity (Wildman–Crippen MR) is 90.2 cm³/mol. The third kappa shape index (κ3) is 2.06. The van der Waals surface area contributed by atoms with Crippen molar-refractivity contribution in [2.75, 3.05) is 14.2 Å². The Kier molecular flexibility index (Phi) is 3.30. The van der Waals surface area contributed by atoms with Crippen LogP contribution in [0.2, 0.25) is 0 Å². The van der Waals surface area contributed by atoms with E-state index in [1.165, 1.54) is 26.4 Å². The van der Waals surface area contributed by atoms with E-state index in [0.717, 1.165) is 0 Å². The molecule has 3 aromatic rings. The second-order valence-electron chi connectivity index (χ2n) is 5.99. The van der Waals surface area contributed by atoms with Crippen LogP contribution in [0.4, 0.5) is 0 Å². The summed E-state index contributed by atoms with van der Waals surface area (Å²) in [6, 6.07) is 2.98. The Bertz CT molecular complexity index is 1150. The van der Waals surface area contributed by atoms with Gasteiger partial charge in [0, 0.05) is 10.8 Å². The summed E-state index contributed by atoms with van der Waals surface area (Å²) in [5.74, 6) is 1.30. The fraction of sp³-hybridized carbons (Fsp3) is 0.222. The van der Waals surface area contributed by atoms with Crippen molar-refractivity contribution in [2.24, 2.45) is 0 Å². The smallest absolute Gasteiger partial charge is 0.346 e. The largest absolute Gasteiger partial charge is 0.496 e. The van der Waals surface area contributed by atoms with Gasteiger partial charge in [-0.05, 0) is 12.1 Å². The van der Waals surface area contributed by atoms with E-state index in [2.05, 4.69) is 0 Å². The normalized spacial score (nSPS) is 14.6. The Morgan fingerprint density at radius 3 is 1.63 bits per heavy atom. The molecule has 2 aliphatic rings. The van der Waals surface area contributed by atoms with Gasteiger partial charge in [0.1, 0.15) is 24.7 Å². The van der Waals surface area contributed by atoms with E-state index in [9.17, 15) is 9.59 Å². The molecule has 0 N–H and O–H groups in total. The van der Waals surface area contributed by atoms with E-state index in [-0.39, 0.29) is 35.5 Å². The highest BCUT2D eigenvalue weighted by Crippen LogP contribution is 2.48. The van der Waals surface area contributed by atoms with Crippen LogP contribution in [0.1, 0.15) is 11.1 Å². The van der Waals surface area contributed by atoms with Crippen LogP contribution in [0.3, 0.4) is 0 Å². The van der Waals surface area contributed by atoms with Gasteiger partial charge in [-0.3, -0.25) is 0 Å². The summed E-state index contributed by atoms with van der Waals surface area (Å²) in [6.07, 6.45) is 0. The highest BCUT2D eigenvalue weighted by molar-refractivity contribution is 6.13. The second kappa shape index (κ2) is 5.60. The van der Waals surface area contributed by atoms with Crippen molar-refractivity contribution in [3.8, 4) is 23.0 Å². The third-order valence-corrected chi connectivity index (χ3v) is 4.69. The Hall–Kier alpha value is -3.30. The van der Waals surface area contributed by atoms with Gasteiger partial charge in [0.05, 0.1) is 36.1 Å². The summed E-state index contributed by atoms with van der Waals surface area (Å²) in [4.78, 5) is 46.1. The molecule has 0 spiro atoms. The van der Waals surface area contributed by atoms with Crippen LogP contribution in [0.15, 0.2) is 26.1 Å². The Balaban J connectivity index is 2.13. The number of hydrogen-bond acceptors (Lipinski definition) is 9. The molecular formula is C18H12O9. The summed E-state index contributed by atoms with van der Waals surface area (Å²) in [7, 11) is 2.92. The topological polar surface area (TPSA) is 103 Å². The SMILES string of the molecule is COc1cc2c(=O)oc(=O)c3cc(OC)c4c(c3c2c2c1COO2)OOC4. The standard InChI is InChI=1S/C18H12O9/c1-21-11-3-7-13(15-9(11)5-23-26-15)14-8(18(20)25-17(7)19)4-12(22-2)10-6-24-27-16(10)14/h3-4H,5-6H2,1-2H3. The first kappa shape index (κ1) is 15.9. The number of hydrogen-bond donors (Lipinski definition) is 0. The fourth-order valence-corrected chi connectivity index (χ4v) is 3.48. The van der Waals surface area contributed by atoms with E-state index in [4.69, 9.17) is 33.4 Å². The van der Waals surface area contributed by atoms with Crippen molar-refractivity contribution in [1.82, 2.24) is 0 Å². The van der Waals surface area contributed by atoms with E-state index in [0.29, 0.717) is 33.4 Å². The van der Waals surface area contributed by atoms with Gasteiger partial charge in [-0.15, -0.1) is 0 Å². The lowest BCUT2D eigenvalue weighted by molar-refractivity contribution is -0.194. The van der Waals surface area contributed by atoms with E-state index in [1.54, 1.807) is 0 Å². The summed E-state index contributed by atoms with van der Waals surface area (Å²) in [5.41, 5.74) is -0.468. The van der Waals surface area contributed by atoms with Gasteiger partial charge < -0.3 is 23.7 Å². The van der Waals surface area contributed by atoms with Gasteiger partial charge in [0.15, 0.2) is 11.5 Å². The minimum Gasteiger partial charge on any atom is -0.496 e. The molecule has 1 aromatic heterocycles. The van der Waals surface area contributed by atoms with Crippen LogP contribution >= 0.6 is 0 Å². The van der Waals surface area contributed by atoms with Crippen molar-refractivity contribution in [1.29, 1.82) is 0 Å². The molecule has 0 fully saturated rings. The molecule has 0 saturated heterocycles. The molecule has 2 aromatic carbocycles. The molecule has 0 aliphatic carbocycles. The van der Waals surface area contributed by atoms with Crippen molar-refractivity contribution >= 4 is 21.5 Å². The van der Waals surface area contributed by atoms with Gasteiger partial charge in [-0.25, -0.2) is 9.59 Å². The van der Waals surface area contributed by atoms with E-state index < -0.39 is 11.3 Å². The minimum atomic E-state index is -0.838. The van der Waals surface area contributed by atoms with Gasteiger partial charge in [0.2, 0.25) is 0 Å². The minimum absolute atomic E-state index is 0.0890. The molecule has 0 unspecified atom stereocenters. The summed E-state index contributed by atoms with van der Waals surface area (Å²) >= 11 is 0. The van der Waals surface area contributed by atoms with Gasteiger partial charge in [-0.1, -0.05) is 0 Å². The van der Waals surface area contributed by atoms with Crippen molar-refractivity contribution in [3.05, 3.63) is 44.1 Å². The van der Waals surface area contributed by atoms with Crippen molar-refractivity contribution in [3.63, 3.8) is 0 Å². The number of ether oxygens (including phenoxy) is 2. The maximum absolute atomic E-state index is 12.6. The van der Waals surface area contributed by atoms with Crippen LogP contribution in [0.25, 0.3) is 21.5 Å². The number of fused-ring (bicyclic) bond motifs is 7. The molecule has 0 saturated carbocycles. The summed E-state index contributed by atoms with van der Waals surface area (Å²) < 4.78 is 15.7. The maximum Gasteiger partial charge on any atom is 0.346 e. The molecule has 0 amide bonds. The molecular weight excluding hydrogens is 360 g/mol. The van der Waals surface area contributed by atoms with Crippen LogP contribution < -0.4 is 30.5 Å². The number of methoxy groups -OCH3 is 2. The van der Waals surface area contributed by atoms with Crippen molar-refractivity contribution < 1.29 is 33.4 Å². The van der Waals surface area contributed by atoms with E-state index in [1.807, 2.05) is 0 Å². The molecule has 3 heterocycles. The molecule has 5 rings (SSSR count). The van der Waals surface area contributed by atoms with Crippen LogP contribution in [0.5, 0.6) is 23.0 Å². The Labute approximate surface area is 150 Å². The predicted octanol–water partition coefficient (Wildman–Crippen LogP) is 1.97. The van der Waals surface area contributed by atoms with Crippen LogP contribution in [-0.4, -0.2) is 14.2 Å². The monoisotopic (exact) mass is 372 g/mol. The summed E-state index contributed by atoms with van der Waals surface area (Å²) in [6.45, 7) is 0.250. The number of benzene rings is 2. The van der Waals surface area contributed by atoms with E-state index >= 15 is 0 Å². The first-order chi connectivity index (χ1) is 13.1. The second-order valence-corrected chi connectivity index (χ2v) is 5.99. The van der Waals surface area contributed by atoms with Crippen LogP contribution in [0, 0.1) is 0 Å². The third-order valence-electron chi connectivity index (χ3n) is 4.69.